The van der Waals surface area contributed by atoms with Gasteiger partial charge < -0.3 is 10.2 Å². The number of nitrogens with one attached hydrogen (secondary N) is 1. The highest BCUT2D eigenvalue weighted by Gasteiger charge is 2.16. The molecule has 0 unspecified atom stereocenters. The van der Waals surface area contributed by atoms with Crippen LogP contribution in [0.5, 0.6) is 0 Å². The number of likely N-dealkylation sites (tertiary alicyclic amines) is 1. The molecular formula is C9H14N2O. The van der Waals surface area contributed by atoms with Crippen LogP contribution in [0.1, 0.15) is 19.3 Å². The van der Waals surface area contributed by atoms with E-state index in [1.165, 1.54) is 0 Å². The summed E-state index contributed by atoms with van der Waals surface area (Å²) >= 11 is 0. The van der Waals surface area contributed by atoms with Crippen molar-refractivity contribution < 1.29 is 4.79 Å². The van der Waals surface area contributed by atoms with Gasteiger partial charge in [0.25, 0.3) is 0 Å². The molecule has 0 saturated carbocycles. The summed E-state index contributed by atoms with van der Waals surface area (Å²) in [6, 6.07) is 0.0303. The van der Waals surface area contributed by atoms with Gasteiger partial charge in [-0.2, -0.15) is 0 Å². The Labute approximate surface area is 73.1 Å². The summed E-state index contributed by atoms with van der Waals surface area (Å²) in [5, 5.41) is 2.77. The number of terminal acetylenes is 1. The maximum Gasteiger partial charge on any atom is 0.317 e. The Hall–Kier alpha value is -1.17. The van der Waals surface area contributed by atoms with E-state index in [9.17, 15) is 4.79 Å². The zero-order valence-corrected chi connectivity index (χ0v) is 7.18. The lowest BCUT2D eigenvalue weighted by Gasteiger charge is -2.15. The monoisotopic (exact) mass is 166 g/mol. The molecule has 0 aliphatic carbocycles. The second-order valence-corrected chi connectivity index (χ2v) is 2.88. The standard InChI is InChI=1S/C9H14N2O/c1-2-3-6-10-9(12)11-7-4-5-8-11/h1H,3-8H2,(H,10,12). The zero-order valence-electron chi connectivity index (χ0n) is 7.18. The molecule has 3 heteroatoms. The second-order valence-electron chi connectivity index (χ2n) is 2.88. The summed E-state index contributed by atoms with van der Waals surface area (Å²) < 4.78 is 0. The molecule has 1 aliphatic heterocycles. The minimum atomic E-state index is 0.0303. The summed E-state index contributed by atoms with van der Waals surface area (Å²) in [7, 11) is 0. The number of hydrogen-bond donors (Lipinski definition) is 1. The third-order valence-corrected chi connectivity index (χ3v) is 1.94. The number of amides is 2. The van der Waals surface area contributed by atoms with Gasteiger partial charge in [0.2, 0.25) is 0 Å². The van der Waals surface area contributed by atoms with Crippen molar-refractivity contribution >= 4 is 6.03 Å². The van der Waals surface area contributed by atoms with Crippen molar-refractivity contribution in [2.24, 2.45) is 0 Å². The zero-order chi connectivity index (χ0) is 8.81. The van der Waals surface area contributed by atoms with Gasteiger partial charge in [-0.1, -0.05) is 0 Å². The number of carbonyl (C=O) groups excluding carboxylic acids is 1. The average Bonchev–Trinajstić information content (AvgIpc) is 2.56. The molecule has 3 nitrogen and oxygen atoms in total. The fourth-order valence-corrected chi connectivity index (χ4v) is 1.27. The van der Waals surface area contributed by atoms with Crippen molar-refractivity contribution in [3.05, 3.63) is 0 Å². The first-order valence-corrected chi connectivity index (χ1v) is 4.31. The first-order chi connectivity index (χ1) is 5.84. The maximum absolute atomic E-state index is 11.3. The summed E-state index contributed by atoms with van der Waals surface area (Å²) in [6.07, 6.45) is 7.92. The Morgan fingerprint density at radius 2 is 2.17 bits per heavy atom. The Balaban J connectivity index is 2.15. The van der Waals surface area contributed by atoms with Gasteiger partial charge in [0.05, 0.1) is 0 Å². The van der Waals surface area contributed by atoms with E-state index < -0.39 is 0 Å². The van der Waals surface area contributed by atoms with E-state index in [0.29, 0.717) is 13.0 Å². The second kappa shape index (κ2) is 4.66. The molecule has 2 amide bonds. The lowest BCUT2D eigenvalue weighted by molar-refractivity contribution is 0.209. The van der Waals surface area contributed by atoms with Gasteiger partial charge in [-0.15, -0.1) is 12.3 Å². The largest absolute Gasteiger partial charge is 0.337 e. The van der Waals surface area contributed by atoms with E-state index in [2.05, 4.69) is 11.2 Å². The normalized spacial score (nSPS) is 15.8. The van der Waals surface area contributed by atoms with Gasteiger partial charge in [0, 0.05) is 26.1 Å². The summed E-state index contributed by atoms with van der Waals surface area (Å²) in [4.78, 5) is 13.1. The summed E-state index contributed by atoms with van der Waals surface area (Å²) in [5.41, 5.74) is 0. The Bertz CT molecular complexity index is 189. The molecule has 1 N–H and O–H groups in total. The van der Waals surface area contributed by atoms with Crippen LogP contribution >= 0.6 is 0 Å². The smallest absolute Gasteiger partial charge is 0.317 e. The van der Waals surface area contributed by atoms with Crippen LogP contribution in [0.15, 0.2) is 0 Å². The van der Waals surface area contributed by atoms with E-state index in [-0.39, 0.29) is 6.03 Å². The third kappa shape index (κ3) is 2.46. The first kappa shape index (κ1) is 8.92. The highest BCUT2D eigenvalue weighted by molar-refractivity contribution is 5.74. The Kier molecular flexibility index (Phi) is 3.46. The Morgan fingerprint density at radius 1 is 1.50 bits per heavy atom. The average molecular weight is 166 g/mol. The molecule has 0 spiro atoms. The van der Waals surface area contributed by atoms with Gasteiger partial charge in [0.15, 0.2) is 0 Å². The number of rotatable bonds is 2. The predicted octanol–water partition coefficient (Wildman–Crippen LogP) is 0.815. The van der Waals surface area contributed by atoms with Crippen LogP contribution in [-0.2, 0) is 0 Å². The van der Waals surface area contributed by atoms with Crippen LogP contribution in [0.2, 0.25) is 0 Å². The molecule has 0 radical (unpaired) electrons. The topological polar surface area (TPSA) is 32.3 Å². The lowest BCUT2D eigenvalue weighted by Crippen LogP contribution is -2.38. The lowest BCUT2D eigenvalue weighted by atomic mass is 10.4. The van der Waals surface area contributed by atoms with Gasteiger partial charge >= 0.3 is 6.03 Å². The summed E-state index contributed by atoms with van der Waals surface area (Å²) in [5.74, 6) is 2.48. The van der Waals surface area contributed by atoms with Crippen LogP contribution < -0.4 is 5.32 Å². The molecule has 0 aromatic carbocycles. The quantitative estimate of drug-likeness (QED) is 0.478. The molecule has 1 heterocycles. The van der Waals surface area contributed by atoms with Gasteiger partial charge in [-0.05, 0) is 12.8 Å². The van der Waals surface area contributed by atoms with Crippen LogP contribution in [0.3, 0.4) is 0 Å². The minimum Gasteiger partial charge on any atom is -0.337 e. The number of carbonyl (C=O) groups is 1. The predicted molar refractivity (Wildman–Crippen MR) is 47.7 cm³/mol. The van der Waals surface area contributed by atoms with Crippen LogP contribution in [0.4, 0.5) is 4.79 Å². The number of urea groups is 1. The van der Waals surface area contributed by atoms with Crippen molar-refractivity contribution in [2.45, 2.75) is 19.3 Å². The molecule has 0 aromatic rings. The first-order valence-electron chi connectivity index (χ1n) is 4.31. The SMILES string of the molecule is C#CCCNC(=O)N1CCCC1. The highest BCUT2D eigenvalue weighted by atomic mass is 16.2. The van der Waals surface area contributed by atoms with Crippen LogP contribution in [-0.4, -0.2) is 30.6 Å². The fraction of sp³-hybridized carbons (Fsp3) is 0.667. The van der Waals surface area contributed by atoms with Crippen LogP contribution in [0, 0.1) is 12.3 Å². The fourth-order valence-electron chi connectivity index (χ4n) is 1.27. The molecule has 0 bridgehead atoms. The van der Waals surface area contributed by atoms with Crippen molar-refractivity contribution in [2.75, 3.05) is 19.6 Å². The minimum absolute atomic E-state index is 0.0303. The number of nitrogens with zero attached hydrogens (tertiary/aromatic N) is 1. The van der Waals surface area contributed by atoms with E-state index in [4.69, 9.17) is 6.42 Å². The van der Waals surface area contributed by atoms with E-state index >= 15 is 0 Å². The van der Waals surface area contributed by atoms with Crippen molar-refractivity contribution in [3.63, 3.8) is 0 Å². The molecule has 1 rings (SSSR count). The third-order valence-electron chi connectivity index (χ3n) is 1.94. The molecule has 1 aliphatic rings. The highest BCUT2D eigenvalue weighted by Crippen LogP contribution is 2.06. The van der Waals surface area contributed by atoms with E-state index in [0.717, 1.165) is 25.9 Å². The number of hydrogen-bond acceptors (Lipinski definition) is 1. The van der Waals surface area contributed by atoms with Gasteiger partial charge in [-0.3, -0.25) is 0 Å². The molecule has 12 heavy (non-hydrogen) atoms. The van der Waals surface area contributed by atoms with E-state index in [1.54, 1.807) is 0 Å². The molecule has 0 atom stereocenters. The molecular weight excluding hydrogens is 152 g/mol. The maximum atomic E-state index is 11.3. The molecule has 0 aromatic heterocycles. The molecule has 1 fully saturated rings. The Morgan fingerprint density at radius 3 is 2.75 bits per heavy atom. The molecule has 66 valence electrons. The van der Waals surface area contributed by atoms with E-state index in [1.807, 2.05) is 4.90 Å². The van der Waals surface area contributed by atoms with Crippen molar-refractivity contribution in [1.82, 2.24) is 10.2 Å². The van der Waals surface area contributed by atoms with Crippen LogP contribution in [0.25, 0.3) is 0 Å². The summed E-state index contributed by atoms with van der Waals surface area (Å²) in [6.45, 7) is 2.37. The van der Waals surface area contributed by atoms with Crippen molar-refractivity contribution in [3.8, 4) is 12.3 Å². The van der Waals surface area contributed by atoms with Gasteiger partial charge in [0.1, 0.15) is 0 Å². The molecule has 1 saturated heterocycles. The van der Waals surface area contributed by atoms with Crippen molar-refractivity contribution in [1.29, 1.82) is 0 Å². The van der Waals surface area contributed by atoms with Gasteiger partial charge in [-0.25, -0.2) is 4.79 Å².